The first-order chi connectivity index (χ1) is 18.3. The lowest BCUT2D eigenvalue weighted by atomic mass is 9.95. The second kappa shape index (κ2) is 12.0. The second-order valence-electron chi connectivity index (χ2n) is 8.39. The number of methoxy groups -OCH3 is 1. The average molecular weight is 554 g/mol. The molecule has 0 unspecified atom stereocenters. The maximum atomic E-state index is 12.6. The number of hydrazone groups is 1. The zero-order valence-corrected chi connectivity index (χ0v) is 22.2. The molecule has 2 amide bonds. The number of benzene rings is 2. The van der Waals surface area contributed by atoms with Crippen molar-refractivity contribution in [3.8, 4) is 5.75 Å². The number of hydrogen-bond acceptors (Lipinski definition) is 8. The number of carbonyl (C=O) groups is 4. The zero-order valence-electron chi connectivity index (χ0n) is 20.6. The molecule has 4 rings (SSSR count). The Morgan fingerprint density at radius 1 is 0.947 bits per heavy atom. The molecule has 38 heavy (non-hydrogen) atoms. The van der Waals surface area contributed by atoms with E-state index >= 15 is 0 Å². The van der Waals surface area contributed by atoms with Gasteiger partial charge in [-0.2, -0.15) is 5.10 Å². The van der Waals surface area contributed by atoms with E-state index < -0.39 is 23.8 Å². The number of thiophene rings is 1. The van der Waals surface area contributed by atoms with Crippen molar-refractivity contribution in [3.63, 3.8) is 0 Å². The van der Waals surface area contributed by atoms with Gasteiger partial charge in [0.2, 0.25) is 0 Å². The number of para-hydroxylation sites is 1. The van der Waals surface area contributed by atoms with E-state index in [9.17, 15) is 19.2 Å². The normalized spacial score (nSPS) is 12.8. The molecule has 0 spiro atoms. The van der Waals surface area contributed by atoms with Gasteiger partial charge >= 0.3 is 23.8 Å². The summed E-state index contributed by atoms with van der Waals surface area (Å²) < 4.78 is 10.4. The van der Waals surface area contributed by atoms with E-state index in [2.05, 4.69) is 15.8 Å². The fourth-order valence-electron chi connectivity index (χ4n) is 3.98. The standard InChI is InChI=1S/C27H24ClN3O6S/c1-15(18-7-3-5-9-20(18)37-26(34)16-11-13-17(28)14-12-16)30-31-24(33)23(32)29-25-22(27(35)36-2)19-8-4-6-10-21(19)38-25/h3,5,7,9,11-14H,4,6,8,10H2,1-2H3,(H,29,32)(H,31,33). The number of halogens is 1. The minimum absolute atomic E-state index is 0.222. The van der Waals surface area contributed by atoms with Gasteiger partial charge in [0.1, 0.15) is 10.8 Å². The Bertz CT molecular complexity index is 1430. The monoisotopic (exact) mass is 553 g/mol. The molecule has 1 aliphatic rings. The van der Waals surface area contributed by atoms with Crippen molar-refractivity contribution < 1.29 is 28.7 Å². The third kappa shape index (κ3) is 6.09. The highest BCUT2D eigenvalue weighted by molar-refractivity contribution is 7.17. The lowest BCUT2D eigenvalue weighted by Gasteiger charge is -2.11. The van der Waals surface area contributed by atoms with Crippen LogP contribution in [0.4, 0.5) is 5.00 Å². The molecule has 2 aromatic carbocycles. The van der Waals surface area contributed by atoms with E-state index in [0.717, 1.165) is 29.7 Å². The van der Waals surface area contributed by atoms with Gasteiger partial charge in [-0.25, -0.2) is 15.0 Å². The summed E-state index contributed by atoms with van der Waals surface area (Å²) in [6.07, 6.45) is 3.44. The molecule has 0 saturated carbocycles. The van der Waals surface area contributed by atoms with Crippen molar-refractivity contribution in [1.82, 2.24) is 5.43 Å². The van der Waals surface area contributed by atoms with Crippen molar-refractivity contribution >= 4 is 57.4 Å². The average Bonchev–Trinajstić information content (AvgIpc) is 3.29. The predicted octanol–water partition coefficient (Wildman–Crippen LogP) is 4.77. The van der Waals surface area contributed by atoms with Gasteiger partial charge in [-0.05, 0) is 74.6 Å². The van der Waals surface area contributed by atoms with E-state index in [1.165, 1.54) is 18.4 Å². The first kappa shape index (κ1) is 27.0. The van der Waals surface area contributed by atoms with Crippen LogP contribution in [0.2, 0.25) is 5.02 Å². The summed E-state index contributed by atoms with van der Waals surface area (Å²) in [6.45, 7) is 1.59. The van der Waals surface area contributed by atoms with Crippen LogP contribution in [0.3, 0.4) is 0 Å². The van der Waals surface area contributed by atoms with Crippen LogP contribution in [-0.4, -0.2) is 36.6 Å². The Hall–Kier alpha value is -4.02. The van der Waals surface area contributed by atoms with Crippen LogP contribution in [0.25, 0.3) is 0 Å². The molecular weight excluding hydrogens is 530 g/mol. The van der Waals surface area contributed by atoms with E-state index in [4.69, 9.17) is 21.1 Å². The smallest absolute Gasteiger partial charge is 0.343 e. The Morgan fingerprint density at radius 2 is 1.66 bits per heavy atom. The van der Waals surface area contributed by atoms with E-state index in [1.54, 1.807) is 55.5 Å². The van der Waals surface area contributed by atoms with Gasteiger partial charge < -0.3 is 14.8 Å². The molecule has 0 saturated heterocycles. The SMILES string of the molecule is COC(=O)c1c(NC(=O)C(=O)NN=C(C)c2ccccc2OC(=O)c2ccc(Cl)cc2)sc2c1CCCC2. The molecule has 1 heterocycles. The topological polar surface area (TPSA) is 123 Å². The maximum Gasteiger partial charge on any atom is 0.343 e. The number of esters is 2. The Kier molecular flexibility index (Phi) is 8.55. The molecule has 3 aromatic rings. The molecule has 196 valence electrons. The number of anilines is 1. The van der Waals surface area contributed by atoms with Crippen LogP contribution in [0, 0.1) is 0 Å². The van der Waals surface area contributed by atoms with Crippen LogP contribution in [0.1, 0.15) is 56.5 Å². The van der Waals surface area contributed by atoms with Crippen LogP contribution < -0.4 is 15.5 Å². The maximum absolute atomic E-state index is 12.6. The van der Waals surface area contributed by atoms with Crippen molar-refractivity contribution in [3.05, 3.63) is 80.7 Å². The fourth-order valence-corrected chi connectivity index (χ4v) is 5.38. The molecule has 0 radical (unpaired) electrons. The lowest BCUT2D eigenvalue weighted by molar-refractivity contribution is -0.136. The van der Waals surface area contributed by atoms with Crippen LogP contribution >= 0.6 is 22.9 Å². The van der Waals surface area contributed by atoms with Gasteiger partial charge in [0.25, 0.3) is 0 Å². The fraction of sp³-hybridized carbons (Fsp3) is 0.222. The quantitative estimate of drug-likeness (QED) is 0.149. The minimum Gasteiger partial charge on any atom is -0.465 e. The summed E-state index contributed by atoms with van der Waals surface area (Å²) >= 11 is 7.15. The molecule has 11 heteroatoms. The number of fused-ring (bicyclic) bond motifs is 1. The minimum atomic E-state index is -1.03. The van der Waals surface area contributed by atoms with Gasteiger partial charge in [-0.3, -0.25) is 9.59 Å². The Morgan fingerprint density at radius 3 is 2.39 bits per heavy atom. The summed E-state index contributed by atoms with van der Waals surface area (Å²) in [5, 5.41) is 7.30. The van der Waals surface area contributed by atoms with Crippen LogP contribution in [0.15, 0.2) is 53.6 Å². The number of nitrogens with one attached hydrogen (secondary N) is 2. The number of ether oxygens (including phenoxy) is 2. The van der Waals surface area contributed by atoms with Gasteiger partial charge in [0.05, 0.1) is 23.9 Å². The second-order valence-corrected chi connectivity index (χ2v) is 9.93. The summed E-state index contributed by atoms with van der Waals surface area (Å²) in [5.41, 5.74) is 4.42. The van der Waals surface area contributed by atoms with Crippen molar-refractivity contribution in [2.24, 2.45) is 5.10 Å². The Labute approximate surface area is 227 Å². The largest absolute Gasteiger partial charge is 0.465 e. The highest BCUT2D eigenvalue weighted by atomic mass is 35.5. The van der Waals surface area contributed by atoms with Gasteiger partial charge in [-0.15, -0.1) is 11.3 Å². The van der Waals surface area contributed by atoms with Crippen molar-refractivity contribution in [2.75, 3.05) is 12.4 Å². The molecule has 1 aliphatic carbocycles. The summed E-state index contributed by atoms with van der Waals surface area (Å²) in [5.74, 6) is -2.93. The molecule has 0 bridgehead atoms. The highest BCUT2D eigenvalue weighted by Crippen LogP contribution is 2.38. The number of nitrogens with zero attached hydrogens (tertiary/aromatic N) is 1. The number of rotatable bonds is 6. The zero-order chi connectivity index (χ0) is 27.2. The van der Waals surface area contributed by atoms with E-state index in [-0.39, 0.29) is 10.8 Å². The van der Waals surface area contributed by atoms with Crippen molar-refractivity contribution in [1.29, 1.82) is 0 Å². The molecule has 1 aromatic heterocycles. The van der Waals surface area contributed by atoms with E-state index in [0.29, 0.717) is 33.8 Å². The summed E-state index contributed by atoms with van der Waals surface area (Å²) in [4.78, 5) is 51.0. The number of aryl methyl sites for hydroxylation is 1. The van der Waals surface area contributed by atoms with Gasteiger partial charge in [0, 0.05) is 15.5 Å². The predicted molar refractivity (Wildman–Crippen MR) is 144 cm³/mol. The summed E-state index contributed by atoms with van der Waals surface area (Å²) in [6, 6.07) is 12.9. The molecule has 0 atom stereocenters. The first-order valence-electron chi connectivity index (χ1n) is 11.7. The first-order valence-corrected chi connectivity index (χ1v) is 12.9. The molecule has 2 N–H and O–H groups in total. The van der Waals surface area contributed by atoms with Gasteiger partial charge in [-0.1, -0.05) is 23.7 Å². The van der Waals surface area contributed by atoms with Crippen molar-refractivity contribution in [2.45, 2.75) is 32.6 Å². The highest BCUT2D eigenvalue weighted by Gasteiger charge is 2.28. The Balaban J connectivity index is 1.45. The third-order valence-electron chi connectivity index (χ3n) is 5.88. The van der Waals surface area contributed by atoms with Crippen LogP contribution in [-0.2, 0) is 27.2 Å². The van der Waals surface area contributed by atoms with Gasteiger partial charge in [0.15, 0.2) is 0 Å². The number of hydrogen-bond donors (Lipinski definition) is 2. The van der Waals surface area contributed by atoms with Crippen LogP contribution in [0.5, 0.6) is 5.75 Å². The number of carbonyl (C=O) groups excluding carboxylic acids is 4. The van der Waals surface area contributed by atoms with E-state index in [1.807, 2.05) is 0 Å². The summed E-state index contributed by atoms with van der Waals surface area (Å²) in [7, 11) is 1.27. The third-order valence-corrected chi connectivity index (χ3v) is 7.34. The molecule has 0 aliphatic heterocycles. The molecular formula is C27H24ClN3O6S. The number of amides is 2. The molecule has 9 nitrogen and oxygen atoms in total. The lowest BCUT2D eigenvalue weighted by Crippen LogP contribution is -2.33. The molecule has 0 fully saturated rings.